The number of nitro groups is 1. The molecule has 0 fully saturated rings. The highest BCUT2D eigenvalue weighted by Gasteiger charge is 2.23. The first kappa shape index (κ1) is 17.9. The van der Waals surface area contributed by atoms with Gasteiger partial charge in [-0.1, -0.05) is 24.3 Å². The van der Waals surface area contributed by atoms with Crippen LogP contribution in [-0.2, 0) is 10.0 Å². The highest BCUT2D eigenvalue weighted by molar-refractivity contribution is 7.89. The quantitative estimate of drug-likeness (QED) is 0.638. The van der Waals surface area contributed by atoms with E-state index in [4.69, 9.17) is 4.74 Å². The Bertz CT molecular complexity index is 865. The molecular formula is C16H18N2O5S. The number of nitro benzene ring substituents is 1. The topological polar surface area (TPSA) is 98.5 Å². The smallest absolute Gasteiger partial charge is 0.273 e. The average Bonchev–Trinajstić information content (AvgIpc) is 2.54. The fourth-order valence-corrected chi connectivity index (χ4v) is 3.58. The third-order valence-corrected chi connectivity index (χ3v) is 5.16. The van der Waals surface area contributed by atoms with E-state index in [1.54, 1.807) is 38.1 Å². The molecule has 2 aromatic rings. The van der Waals surface area contributed by atoms with Crippen LogP contribution in [-0.4, -0.2) is 20.5 Å². The Balaban J connectivity index is 2.35. The van der Waals surface area contributed by atoms with Crippen molar-refractivity contribution in [2.75, 3.05) is 7.11 Å². The number of methoxy groups -OCH3 is 1. The molecule has 0 saturated heterocycles. The van der Waals surface area contributed by atoms with Crippen molar-refractivity contribution in [3.63, 3.8) is 0 Å². The molecular weight excluding hydrogens is 332 g/mol. The SMILES string of the molecule is COc1ccccc1[C@@H](C)NS(=O)(=O)c1ccc(C)c([N+](=O)[O-])c1. The molecule has 0 aromatic heterocycles. The minimum Gasteiger partial charge on any atom is -0.496 e. The molecule has 0 bridgehead atoms. The fraction of sp³-hybridized carbons (Fsp3) is 0.250. The van der Waals surface area contributed by atoms with Crippen molar-refractivity contribution in [3.05, 3.63) is 63.7 Å². The Labute approximate surface area is 140 Å². The third-order valence-electron chi connectivity index (χ3n) is 3.62. The van der Waals surface area contributed by atoms with E-state index in [0.717, 1.165) is 6.07 Å². The molecule has 128 valence electrons. The van der Waals surface area contributed by atoms with Crippen LogP contribution in [0.2, 0.25) is 0 Å². The Morgan fingerprint density at radius 1 is 1.21 bits per heavy atom. The molecule has 0 aliphatic rings. The lowest BCUT2D eigenvalue weighted by atomic mass is 10.1. The lowest BCUT2D eigenvalue weighted by Crippen LogP contribution is -2.27. The molecule has 0 saturated carbocycles. The third kappa shape index (κ3) is 3.72. The number of sulfonamides is 1. The van der Waals surface area contributed by atoms with Crippen molar-refractivity contribution in [1.29, 1.82) is 0 Å². The number of nitrogens with one attached hydrogen (secondary N) is 1. The highest BCUT2D eigenvalue weighted by atomic mass is 32.2. The van der Waals surface area contributed by atoms with Crippen molar-refractivity contribution in [2.45, 2.75) is 24.8 Å². The van der Waals surface area contributed by atoms with Crippen LogP contribution in [0.15, 0.2) is 47.4 Å². The maximum atomic E-state index is 12.5. The molecule has 0 amide bonds. The maximum Gasteiger partial charge on any atom is 0.273 e. The number of hydrogen-bond acceptors (Lipinski definition) is 5. The van der Waals surface area contributed by atoms with Crippen molar-refractivity contribution < 1.29 is 18.1 Å². The molecule has 0 unspecified atom stereocenters. The van der Waals surface area contributed by atoms with Gasteiger partial charge in [-0.15, -0.1) is 0 Å². The van der Waals surface area contributed by atoms with E-state index < -0.39 is 21.0 Å². The van der Waals surface area contributed by atoms with Gasteiger partial charge in [0, 0.05) is 23.2 Å². The van der Waals surface area contributed by atoms with E-state index in [1.807, 2.05) is 0 Å². The zero-order valence-corrected chi connectivity index (χ0v) is 14.3. The Morgan fingerprint density at radius 2 is 1.88 bits per heavy atom. The van der Waals surface area contributed by atoms with Gasteiger partial charge in [0.2, 0.25) is 10.0 Å². The maximum absolute atomic E-state index is 12.5. The number of hydrogen-bond donors (Lipinski definition) is 1. The molecule has 7 nitrogen and oxygen atoms in total. The molecule has 2 rings (SSSR count). The average molecular weight is 350 g/mol. The van der Waals surface area contributed by atoms with Crippen LogP contribution >= 0.6 is 0 Å². The number of para-hydroxylation sites is 1. The second-order valence-corrected chi connectivity index (χ2v) is 7.00. The summed E-state index contributed by atoms with van der Waals surface area (Å²) in [6, 6.07) is 10.3. The van der Waals surface area contributed by atoms with Gasteiger partial charge >= 0.3 is 0 Å². The van der Waals surface area contributed by atoms with Crippen LogP contribution in [0.5, 0.6) is 5.75 Å². The lowest BCUT2D eigenvalue weighted by molar-refractivity contribution is -0.385. The number of ether oxygens (including phenoxy) is 1. The van der Waals surface area contributed by atoms with Gasteiger partial charge in [-0.25, -0.2) is 13.1 Å². The monoisotopic (exact) mass is 350 g/mol. The van der Waals surface area contributed by atoms with E-state index in [2.05, 4.69) is 4.72 Å². The predicted octanol–water partition coefficient (Wildman–Crippen LogP) is 2.95. The van der Waals surface area contributed by atoms with Gasteiger partial charge in [0.15, 0.2) is 0 Å². The van der Waals surface area contributed by atoms with E-state index >= 15 is 0 Å². The van der Waals surface area contributed by atoms with Crippen LogP contribution < -0.4 is 9.46 Å². The minimum absolute atomic E-state index is 0.151. The van der Waals surface area contributed by atoms with E-state index in [9.17, 15) is 18.5 Å². The summed E-state index contributed by atoms with van der Waals surface area (Å²) in [6.45, 7) is 3.23. The number of benzene rings is 2. The second-order valence-electron chi connectivity index (χ2n) is 5.29. The number of nitrogens with zero attached hydrogens (tertiary/aromatic N) is 1. The first-order valence-corrected chi connectivity index (χ1v) is 8.65. The predicted molar refractivity (Wildman–Crippen MR) is 89.6 cm³/mol. The van der Waals surface area contributed by atoms with E-state index in [1.165, 1.54) is 19.2 Å². The van der Waals surface area contributed by atoms with Gasteiger partial charge in [-0.2, -0.15) is 0 Å². The summed E-state index contributed by atoms with van der Waals surface area (Å²) in [5, 5.41) is 11.0. The standard InChI is InChI=1S/C16H18N2O5S/c1-11-8-9-13(10-15(11)18(19)20)24(21,22)17-12(2)14-6-4-5-7-16(14)23-3/h4-10,12,17H,1-3H3/t12-/m1/s1. The number of rotatable bonds is 6. The minimum atomic E-state index is -3.92. The lowest BCUT2D eigenvalue weighted by Gasteiger charge is -2.17. The summed E-state index contributed by atoms with van der Waals surface area (Å²) in [7, 11) is -2.41. The van der Waals surface area contributed by atoms with Gasteiger partial charge in [0.05, 0.1) is 16.9 Å². The summed E-state index contributed by atoms with van der Waals surface area (Å²) in [4.78, 5) is 10.3. The van der Waals surface area contributed by atoms with Gasteiger partial charge in [0.25, 0.3) is 5.69 Å². The van der Waals surface area contributed by atoms with Gasteiger partial charge in [-0.05, 0) is 26.0 Å². The summed E-state index contributed by atoms with van der Waals surface area (Å²) in [5.41, 5.74) is 0.838. The van der Waals surface area contributed by atoms with Crippen LogP contribution in [0.1, 0.15) is 24.1 Å². The summed E-state index contributed by atoms with van der Waals surface area (Å²) >= 11 is 0. The van der Waals surface area contributed by atoms with Crippen LogP contribution in [0, 0.1) is 17.0 Å². The zero-order chi connectivity index (χ0) is 17.9. The molecule has 1 atom stereocenters. The van der Waals surface area contributed by atoms with Crippen molar-refractivity contribution in [2.24, 2.45) is 0 Å². The molecule has 8 heteroatoms. The fourth-order valence-electron chi connectivity index (χ4n) is 2.34. The molecule has 0 heterocycles. The second kappa shape index (κ2) is 6.98. The van der Waals surface area contributed by atoms with E-state index in [-0.39, 0.29) is 10.6 Å². The molecule has 0 spiro atoms. The first-order valence-electron chi connectivity index (χ1n) is 7.16. The van der Waals surface area contributed by atoms with Crippen molar-refractivity contribution in [1.82, 2.24) is 4.72 Å². The van der Waals surface area contributed by atoms with Crippen LogP contribution in [0.4, 0.5) is 5.69 Å². The largest absolute Gasteiger partial charge is 0.496 e. The molecule has 24 heavy (non-hydrogen) atoms. The molecule has 1 N–H and O–H groups in total. The van der Waals surface area contributed by atoms with Gasteiger partial charge in [-0.3, -0.25) is 10.1 Å². The van der Waals surface area contributed by atoms with Gasteiger partial charge < -0.3 is 4.74 Å². The molecule has 2 aromatic carbocycles. The molecule has 0 aliphatic carbocycles. The Kier molecular flexibility index (Phi) is 5.20. The summed E-state index contributed by atoms with van der Waals surface area (Å²) in [6.07, 6.45) is 0. The Hall–Kier alpha value is -2.45. The van der Waals surface area contributed by atoms with Crippen molar-refractivity contribution >= 4 is 15.7 Å². The molecule has 0 aliphatic heterocycles. The molecule has 0 radical (unpaired) electrons. The normalized spacial score (nSPS) is 12.6. The first-order chi connectivity index (χ1) is 11.3. The number of aryl methyl sites for hydroxylation is 1. The van der Waals surface area contributed by atoms with Crippen LogP contribution in [0.25, 0.3) is 0 Å². The van der Waals surface area contributed by atoms with Gasteiger partial charge in [0.1, 0.15) is 5.75 Å². The Morgan fingerprint density at radius 3 is 2.50 bits per heavy atom. The van der Waals surface area contributed by atoms with E-state index in [0.29, 0.717) is 16.9 Å². The highest BCUT2D eigenvalue weighted by Crippen LogP contribution is 2.27. The van der Waals surface area contributed by atoms with Crippen LogP contribution in [0.3, 0.4) is 0 Å². The zero-order valence-electron chi connectivity index (χ0n) is 13.5. The summed E-state index contributed by atoms with van der Waals surface area (Å²) < 4.78 is 32.8. The summed E-state index contributed by atoms with van der Waals surface area (Å²) in [5.74, 6) is 0.558. The van der Waals surface area contributed by atoms with Crippen molar-refractivity contribution in [3.8, 4) is 5.75 Å².